The molecule has 0 unspecified atom stereocenters. The summed E-state index contributed by atoms with van der Waals surface area (Å²) >= 11 is 0. The van der Waals surface area contributed by atoms with Crippen LogP contribution in [-0.4, -0.2) is 38.9 Å². The Hall–Kier alpha value is -2.50. The Morgan fingerprint density at radius 3 is 2.22 bits per heavy atom. The van der Waals surface area contributed by atoms with Crippen LogP contribution in [0.15, 0.2) is 18.2 Å². The first-order valence-electron chi connectivity index (χ1n) is 6.97. The first-order valence-corrected chi connectivity index (χ1v) is 6.97. The number of rotatable bonds is 6. The van der Waals surface area contributed by atoms with E-state index >= 15 is 0 Å². The van der Waals surface area contributed by atoms with Gasteiger partial charge in [-0.3, -0.25) is 0 Å². The Labute approximate surface area is 136 Å². The highest BCUT2D eigenvalue weighted by Crippen LogP contribution is 2.32. The molecule has 0 amide bonds. The first-order chi connectivity index (χ1) is 10.7. The summed E-state index contributed by atoms with van der Waals surface area (Å²) in [5, 5.41) is 0. The molecule has 0 aliphatic rings. The van der Waals surface area contributed by atoms with Crippen molar-refractivity contribution in [1.29, 1.82) is 0 Å². The van der Waals surface area contributed by atoms with Gasteiger partial charge in [0, 0.05) is 11.6 Å². The molecule has 126 valence electrons. The molecule has 1 aromatic carbocycles. The molecule has 0 aromatic heterocycles. The first kappa shape index (κ1) is 18.5. The lowest BCUT2D eigenvalue weighted by Gasteiger charge is -2.25. The molecule has 6 nitrogen and oxygen atoms in total. The van der Waals surface area contributed by atoms with Gasteiger partial charge in [0.15, 0.2) is 5.60 Å². The van der Waals surface area contributed by atoms with Crippen molar-refractivity contribution in [3.8, 4) is 11.5 Å². The second-order valence-electron chi connectivity index (χ2n) is 5.32. The molecular formula is C17H22O6. The van der Waals surface area contributed by atoms with Gasteiger partial charge in [-0.05, 0) is 44.5 Å². The van der Waals surface area contributed by atoms with Crippen LogP contribution in [0, 0.1) is 6.92 Å². The maximum absolute atomic E-state index is 11.8. The van der Waals surface area contributed by atoms with Gasteiger partial charge < -0.3 is 18.9 Å². The molecule has 0 atom stereocenters. The van der Waals surface area contributed by atoms with Crippen LogP contribution >= 0.6 is 0 Å². The minimum atomic E-state index is -1.18. The monoisotopic (exact) mass is 322 g/mol. The Morgan fingerprint density at radius 2 is 1.70 bits per heavy atom. The Morgan fingerprint density at radius 1 is 1.04 bits per heavy atom. The molecule has 23 heavy (non-hydrogen) atoms. The van der Waals surface area contributed by atoms with Crippen LogP contribution in [-0.2, 0) is 19.1 Å². The predicted molar refractivity (Wildman–Crippen MR) is 85.5 cm³/mol. The van der Waals surface area contributed by atoms with Crippen LogP contribution in [0.1, 0.15) is 25.0 Å². The van der Waals surface area contributed by atoms with Gasteiger partial charge in [0.05, 0.1) is 21.3 Å². The SMILES string of the molecule is COC(=O)/C=C/c1cc(OC)c(C)cc1OC(C)(C)C(=O)OC. The Balaban J connectivity index is 3.28. The van der Waals surface area contributed by atoms with Gasteiger partial charge in [-0.25, -0.2) is 9.59 Å². The molecule has 0 N–H and O–H groups in total. The van der Waals surface area contributed by atoms with Gasteiger partial charge >= 0.3 is 11.9 Å². The highest BCUT2D eigenvalue weighted by atomic mass is 16.6. The zero-order valence-corrected chi connectivity index (χ0v) is 14.3. The largest absolute Gasteiger partial charge is 0.496 e. The Kier molecular flexibility index (Phi) is 6.18. The quantitative estimate of drug-likeness (QED) is 0.592. The molecule has 0 bridgehead atoms. The number of carbonyl (C=O) groups is 2. The second-order valence-corrected chi connectivity index (χ2v) is 5.32. The summed E-state index contributed by atoms with van der Waals surface area (Å²) < 4.78 is 20.4. The fourth-order valence-electron chi connectivity index (χ4n) is 1.90. The van der Waals surface area contributed by atoms with E-state index in [0.717, 1.165) is 5.56 Å². The summed E-state index contributed by atoms with van der Waals surface area (Å²) in [6.07, 6.45) is 2.80. The van der Waals surface area contributed by atoms with E-state index < -0.39 is 17.5 Å². The third kappa shape index (κ3) is 4.74. The topological polar surface area (TPSA) is 71.1 Å². The van der Waals surface area contributed by atoms with Crippen molar-refractivity contribution in [1.82, 2.24) is 0 Å². The molecular weight excluding hydrogens is 300 g/mol. The lowest BCUT2D eigenvalue weighted by atomic mass is 10.1. The van der Waals surface area contributed by atoms with E-state index in [1.807, 2.05) is 6.92 Å². The fourth-order valence-corrected chi connectivity index (χ4v) is 1.90. The van der Waals surface area contributed by atoms with Crippen LogP contribution in [0.2, 0.25) is 0 Å². The van der Waals surface area contributed by atoms with E-state index in [0.29, 0.717) is 17.1 Å². The summed E-state index contributed by atoms with van der Waals surface area (Å²) in [7, 11) is 4.14. The number of methoxy groups -OCH3 is 3. The maximum atomic E-state index is 11.8. The minimum Gasteiger partial charge on any atom is -0.496 e. The van der Waals surface area contributed by atoms with E-state index in [1.54, 1.807) is 33.1 Å². The maximum Gasteiger partial charge on any atom is 0.349 e. The number of hydrogen-bond donors (Lipinski definition) is 0. The van der Waals surface area contributed by atoms with E-state index in [1.165, 1.54) is 26.4 Å². The third-order valence-electron chi connectivity index (χ3n) is 3.17. The van der Waals surface area contributed by atoms with Crippen LogP contribution in [0.3, 0.4) is 0 Å². The summed E-state index contributed by atoms with van der Waals surface area (Å²) in [5.41, 5.74) is 0.233. The second kappa shape index (κ2) is 7.67. The van der Waals surface area contributed by atoms with Crippen LogP contribution < -0.4 is 9.47 Å². The molecule has 0 aliphatic carbocycles. The molecule has 0 aliphatic heterocycles. The number of aryl methyl sites for hydroxylation is 1. The zero-order valence-electron chi connectivity index (χ0n) is 14.3. The van der Waals surface area contributed by atoms with E-state index in [9.17, 15) is 9.59 Å². The van der Waals surface area contributed by atoms with Crippen LogP contribution in [0.25, 0.3) is 6.08 Å². The average Bonchev–Trinajstić information content (AvgIpc) is 2.52. The molecule has 0 fully saturated rings. The van der Waals surface area contributed by atoms with Crippen molar-refractivity contribution in [3.63, 3.8) is 0 Å². The molecule has 0 heterocycles. The lowest BCUT2D eigenvalue weighted by molar-refractivity contribution is -0.156. The molecule has 0 spiro atoms. The van der Waals surface area contributed by atoms with Gasteiger partial charge in [0.1, 0.15) is 11.5 Å². The highest BCUT2D eigenvalue weighted by molar-refractivity contribution is 5.87. The molecule has 1 rings (SSSR count). The number of hydrogen-bond acceptors (Lipinski definition) is 6. The predicted octanol–water partition coefficient (Wildman–Crippen LogP) is 2.52. The smallest absolute Gasteiger partial charge is 0.349 e. The molecule has 0 radical (unpaired) electrons. The van der Waals surface area contributed by atoms with Gasteiger partial charge in [-0.1, -0.05) is 0 Å². The van der Waals surface area contributed by atoms with Gasteiger partial charge in [-0.15, -0.1) is 0 Å². The van der Waals surface area contributed by atoms with Crippen molar-refractivity contribution in [2.45, 2.75) is 26.4 Å². The number of ether oxygens (including phenoxy) is 4. The van der Waals surface area contributed by atoms with E-state index in [-0.39, 0.29) is 0 Å². The summed E-state index contributed by atoms with van der Waals surface area (Å²) in [6, 6.07) is 3.46. The van der Waals surface area contributed by atoms with Gasteiger partial charge in [0.25, 0.3) is 0 Å². The number of carbonyl (C=O) groups excluding carboxylic acids is 2. The third-order valence-corrected chi connectivity index (χ3v) is 3.17. The molecule has 0 saturated carbocycles. The van der Waals surface area contributed by atoms with Crippen molar-refractivity contribution in [2.75, 3.05) is 21.3 Å². The molecule has 6 heteroatoms. The van der Waals surface area contributed by atoms with Crippen LogP contribution in [0.5, 0.6) is 11.5 Å². The Bertz CT molecular complexity index is 616. The fraction of sp³-hybridized carbons (Fsp3) is 0.412. The van der Waals surface area contributed by atoms with Crippen molar-refractivity contribution >= 4 is 18.0 Å². The highest BCUT2D eigenvalue weighted by Gasteiger charge is 2.32. The van der Waals surface area contributed by atoms with Crippen molar-refractivity contribution in [3.05, 3.63) is 29.3 Å². The van der Waals surface area contributed by atoms with Crippen molar-refractivity contribution in [2.24, 2.45) is 0 Å². The summed E-state index contributed by atoms with van der Waals surface area (Å²) in [6.45, 7) is 5.06. The zero-order chi connectivity index (χ0) is 17.6. The van der Waals surface area contributed by atoms with E-state index in [4.69, 9.17) is 14.2 Å². The minimum absolute atomic E-state index is 0.429. The van der Waals surface area contributed by atoms with Crippen molar-refractivity contribution < 1.29 is 28.5 Å². The van der Waals surface area contributed by atoms with Gasteiger partial charge in [-0.2, -0.15) is 0 Å². The average molecular weight is 322 g/mol. The van der Waals surface area contributed by atoms with Crippen LogP contribution in [0.4, 0.5) is 0 Å². The van der Waals surface area contributed by atoms with Gasteiger partial charge in [0.2, 0.25) is 0 Å². The number of esters is 2. The number of benzene rings is 1. The van der Waals surface area contributed by atoms with E-state index in [2.05, 4.69) is 4.74 Å². The summed E-state index contributed by atoms with van der Waals surface area (Å²) in [5.74, 6) is 0.0631. The molecule has 1 aromatic rings. The molecule has 0 saturated heterocycles. The standard InChI is InChI=1S/C17H22O6/c1-11-9-14(23-17(2,3)16(19)22-6)12(10-13(11)20-4)7-8-15(18)21-5/h7-10H,1-6H3/b8-7+. The summed E-state index contributed by atoms with van der Waals surface area (Å²) in [4.78, 5) is 23.1. The normalized spacial score (nSPS) is 11.2. The lowest BCUT2D eigenvalue weighted by Crippen LogP contribution is -2.39.